The van der Waals surface area contributed by atoms with Crippen molar-refractivity contribution in [1.82, 2.24) is 4.98 Å². The van der Waals surface area contributed by atoms with Gasteiger partial charge in [0, 0.05) is 16.8 Å². The first-order chi connectivity index (χ1) is 15.1. The number of hydrogen-bond acceptors (Lipinski definition) is 3. The van der Waals surface area contributed by atoms with Crippen LogP contribution in [0.25, 0.3) is 33.3 Å². The number of carbonyl (C=O) groups excluding carboxylic acids is 1. The standard InChI is InChI=1S/C27H22N2O2/c1-17(2)19-12-13-25-24(16-19)29-27(31-25)22-8-5-9-23(15-22)28-26(30)21-11-10-18-6-3-4-7-20(18)14-21/h3-17H,1-2H3,(H,28,30). The quantitative estimate of drug-likeness (QED) is 0.349. The van der Waals surface area contributed by atoms with Gasteiger partial charge in [-0.3, -0.25) is 4.79 Å². The molecule has 1 amide bonds. The first-order valence-electron chi connectivity index (χ1n) is 10.4. The van der Waals surface area contributed by atoms with Gasteiger partial charge < -0.3 is 9.73 Å². The minimum Gasteiger partial charge on any atom is -0.436 e. The molecule has 4 aromatic carbocycles. The van der Waals surface area contributed by atoms with E-state index in [9.17, 15) is 4.79 Å². The molecule has 31 heavy (non-hydrogen) atoms. The normalized spacial score (nSPS) is 11.3. The highest BCUT2D eigenvalue weighted by Gasteiger charge is 2.12. The van der Waals surface area contributed by atoms with E-state index in [1.54, 1.807) is 0 Å². The zero-order valence-corrected chi connectivity index (χ0v) is 17.4. The number of amides is 1. The number of fused-ring (bicyclic) bond motifs is 2. The van der Waals surface area contributed by atoms with Crippen LogP contribution in [0.4, 0.5) is 5.69 Å². The van der Waals surface area contributed by atoms with E-state index in [4.69, 9.17) is 4.42 Å². The first-order valence-corrected chi connectivity index (χ1v) is 10.4. The number of nitrogens with zero attached hydrogens (tertiary/aromatic N) is 1. The van der Waals surface area contributed by atoms with Gasteiger partial charge in [-0.25, -0.2) is 4.98 Å². The van der Waals surface area contributed by atoms with Crippen LogP contribution < -0.4 is 5.32 Å². The van der Waals surface area contributed by atoms with Gasteiger partial charge in [0.05, 0.1) is 0 Å². The molecule has 1 N–H and O–H groups in total. The van der Waals surface area contributed by atoms with Crippen molar-refractivity contribution in [1.29, 1.82) is 0 Å². The summed E-state index contributed by atoms with van der Waals surface area (Å²) < 4.78 is 5.96. The smallest absolute Gasteiger partial charge is 0.255 e. The molecule has 0 aliphatic rings. The number of carbonyl (C=O) groups is 1. The molecular formula is C27H22N2O2. The number of rotatable bonds is 4. The van der Waals surface area contributed by atoms with Crippen LogP contribution in [0.15, 0.2) is 89.3 Å². The molecule has 1 aromatic heterocycles. The Kier molecular flexibility index (Phi) is 4.75. The maximum atomic E-state index is 12.8. The number of aromatic nitrogens is 1. The van der Waals surface area contributed by atoms with Gasteiger partial charge in [0.2, 0.25) is 5.89 Å². The Bertz CT molecular complexity index is 1420. The van der Waals surface area contributed by atoms with Gasteiger partial charge >= 0.3 is 0 Å². The number of nitrogens with one attached hydrogen (secondary N) is 1. The molecule has 0 atom stereocenters. The third-order valence-corrected chi connectivity index (χ3v) is 5.46. The summed E-state index contributed by atoms with van der Waals surface area (Å²) in [5.74, 6) is 0.818. The molecule has 0 aliphatic heterocycles. The van der Waals surface area contributed by atoms with Gasteiger partial charge in [0.15, 0.2) is 5.58 Å². The summed E-state index contributed by atoms with van der Waals surface area (Å²) in [7, 11) is 0. The van der Waals surface area contributed by atoms with Crippen LogP contribution in [0.3, 0.4) is 0 Å². The Morgan fingerprint density at radius 1 is 0.871 bits per heavy atom. The summed E-state index contributed by atoms with van der Waals surface area (Å²) in [6.07, 6.45) is 0. The average Bonchev–Trinajstić information content (AvgIpc) is 3.22. The number of anilines is 1. The second kappa shape index (κ2) is 7.73. The molecule has 0 spiro atoms. The molecule has 0 radical (unpaired) electrons. The zero-order valence-electron chi connectivity index (χ0n) is 17.4. The molecule has 0 bridgehead atoms. The van der Waals surface area contributed by atoms with Crippen LogP contribution in [0, 0.1) is 0 Å². The lowest BCUT2D eigenvalue weighted by Crippen LogP contribution is -2.11. The van der Waals surface area contributed by atoms with Crippen LogP contribution >= 0.6 is 0 Å². The van der Waals surface area contributed by atoms with Crippen molar-refractivity contribution >= 4 is 33.5 Å². The highest BCUT2D eigenvalue weighted by atomic mass is 16.3. The Balaban J connectivity index is 1.42. The van der Waals surface area contributed by atoms with Crippen molar-refractivity contribution in [3.63, 3.8) is 0 Å². The molecule has 5 aromatic rings. The summed E-state index contributed by atoms with van der Waals surface area (Å²) in [5, 5.41) is 5.13. The Morgan fingerprint density at radius 3 is 2.55 bits per heavy atom. The molecule has 0 unspecified atom stereocenters. The molecule has 4 heteroatoms. The van der Waals surface area contributed by atoms with E-state index in [1.807, 2.05) is 72.8 Å². The largest absolute Gasteiger partial charge is 0.436 e. The Labute approximate surface area is 180 Å². The van der Waals surface area contributed by atoms with E-state index >= 15 is 0 Å². The van der Waals surface area contributed by atoms with Crippen molar-refractivity contribution in [3.05, 3.63) is 96.1 Å². The minimum absolute atomic E-state index is 0.151. The van der Waals surface area contributed by atoms with E-state index in [-0.39, 0.29) is 5.91 Å². The van der Waals surface area contributed by atoms with Gasteiger partial charge in [-0.15, -0.1) is 0 Å². The second-order valence-electron chi connectivity index (χ2n) is 8.00. The van der Waals surface area contributed by atoms with Crippen molar-refractivity contribution in [2.45, 2.75) is 19.8 Å². The van der Waals surface area contributed by atoms with Crippen molar-refractivity contribution < 1.29 is 9.21 Å². The van der Waals surface area contributed by atoms with Gasteiger partial charge in [0.25, 0.3) is 5.91 Å². The van der Waals surface area contributed by atoms with Crippen LogP contribution in [-0.4, -0.2) is 10.9 Å². The zero-order chi connectivity index (χ0) is 21.4. The molecule has 0 saturated heterocycles. The van der Waals surface area contributed by atoms with Crippen molar-refractivity contribution in [3.8, 4) is 11.5 Å². The van der Waals surface area contributed by atoms with Crippen LogP contribution in [0.2, 0.25) is 0 Å². The minimum atomic E-state index is -0.151. The highest BCUT2D eigenvalue weighted by Crippen LogP contribution is 2.28. The van der Waals surface area contributed by atoms with Crippen molar-refractivity contribution in [2.24, 2.45) is 0 Å². The van der Waals surface area contributed by atoms with Gasteiger partial charge in [-0.05, 0) is 64.7 Å². The predicted octanol–water partition coefficient (Wildman–Crippen LogP) is 7.02. The van der Waals surface area contributed by atoms with Crippen molar-refractivity contribution in [2.75, 3.05) is 5.32 Å². The lowest BCUT2D eigenvalue weighted by atomic mass is 10.0. The summed E-state index contributed by atoms with van der Waals surface area (Å²) in [5.41, 5.74) is 4.95. The summed E-state index contributed by atoms with van der Waals surface area (Å²) in [4.78, 5) is 17.5. The summed E-state index contributed by atoms with van der Waals surface area (Å²) >= 11 is 0. The topological polar surface area (TPSA) is 55.1 Å². The van der Waals surface area contributed by atoms with E-state index in [0.717, 1.165) is 27.4 Å². The number of benzene rings is 4. The molecule has 0 fully saturated rings. The van der Waals surface area contributed by atoms with Gasteiger partial charge in [0.1, 0.15) is 5.52 Å². The average molecular weight is 406 g/mol. The molecule has 0 saturated carbocycles. The van der Waals surface area contributed by atoms with E-state index < -0.39 is 0 Å². The lowest BCUT2D eigenvalue weighted by molar-refractivity contribution is 0.102. The third-order valence-electron chi connectivity index (χ3n) is 5.46. The first kappa shape index (κ1) is 19.1. The summed E-state index contributed by atoms with van der Waals surface area (Å²) in [6.45, 7) is 4.31. The third kappa shape index (κ3) is 3.80. The number of hydrogen-bond donors (Lipinski definition) is 1. The maximum absolute atomic E-state index is 12.8. The molecule has 0 aliphatic carbocycles. The maximum Gasteiger partial charge on any atom is 0.255 e. The van der Waals surface area contributed by atoms with Crippen LogP contribution in [0.1, 0.15) is 35.7 Å². The summed E-state index contributed by atoms with van der Waals surface area (Å²) in [6, 6.07) is 27.4. The van der Waals surface area contributed by atoms with Gasteiger partial charge in [-0.1, -0.05) is 56.3 Å². The van der Waals surface area contributed by atoms with Gasteiger partial charge in [-0.2, -0.15) is 0 Å². The molecular weight excluding hydrogens is 384 g/mol. The molecule has 152 valence electrons. The molecule has 1 heterocycles. The fourth-order valence-electron chi connectivity index (χ4n) is 3.69. The van der Waals surface area contributed by atoms with Crippen LogP contribution in [0.5, 0.6) is 0 Å². The Morgan fingerprint density at radius 2 is 1.71 bits per heavy atom. The number of oxazole rings is 1. The molecule has 5 rings (SSSR count). The fourth-order valence-corrected chi connectivity index (χ4v) is 3.69. The fraction of sp³-hybridized carbons (Fsp3) is 0.111. The monoisotopic (exact) mass is 406 g/mol. The van der Waals surface area contributed by atoms with Crippen LogP contribution in [-0.2, 0) is 0 Å². The van der Waals surface area contributed by atoms with E-state index in [1.165, 1.54) is 5.56 Å². The van der Waals surface area contributed by atoms with E-state index in [0.29, 0.717) is 23.1 Å². The highest BCUT2D eigenvalue weighted by molar-refractivity contribution is 6.06. The predicted molar refractivity (Wildman–Crippen MR) is 125 cm³/mol. The second-order valence-corrected chi connectivity index (χ2v) is 8.00. The van der Waals surface area contributed by atoms with E-state index in [2.05, 4.69) is 36.3 Å². The Hall–Kier alpha value is -3.92. The SMILES string of the molecule is CC(C)c1ccc2oc(-c3cccc(NC(=O)c4ccc5ccccc5c4)c3)nc2c1. The lowest BCUT2D eigenvalue weighted by Gasteiger charge is -2.07. The molecule has 4 nitrogen and oxygen atoms in total.